The van der Waals surface area contributed by atoms with Crippen molar-refractivity contribution in [1.82, 2.24) is 14.5 Å². The fourth-order valence-electron chi connectivity index (χ4n) is 4.64. The van der Waals surface area contributed by atoms with Gasteiger partial charge < -0.3 is 11.1 Å². The van der Waals surface area contributed by atoms with Crippen LogP contribution in [0, 0.1) is 12.8 Å². The van der Waals surface area contributed by atoms with E-state index < -0.39 is 5.91 Å². The maximum Gasteiger partial charge on any atom is 0.249 e. The summed E-state index contributed by atoms with van der Waals surface area (Å²) in [7, 11) is 0. The highest BCUT2D eigenvalue weighted by Crippen LogP contribution is 2.32. The molecule has 3 N–H and O–H groups in total. The number of amides is 1. The highest BCUT2D eigenvalue weighted by atomic mass is 16.1. The van der Waals surface area contributed by atoms with Gasteiger partial charge in [-0.15, -0.1) is 0 Å². The van der Waals surface area contributed by atoms with E-state index in [-0.39, 0.29) is 0 Å². The van der Waals surface area contributed by atoms with Gasteiger partial charge >= 0.3 is 0 Å². The van der Waals surface area contributed by atoms with E-state index in [1.807, 2.05) is 47.9 Å². The predicted octanol–water partition coefficient (Wildman–Crippen LogP) is 4.56. The van der Waals surface area contributed by atoms with Gasteiger partial charge in [0.15, 0.2) is 0 Å². The second kappa shape index (κ2) is 8.11. The molecule has 162 valence electrons. The minimum absolute atomic E-state index is 0.432. The van der Waals surface area contributed by atoms with E-state index in [2.05, 4.69) is 24.4 Å². The number of aromatic nitrogens is 3. The van der Waals surface area contributed by atoms with Crippen molar-refractivity contribution in [1.29, 1.82) is 0 Å². The summed E-state index contributed by atoms with van der Waals surface area (Å²) < 4.78 is 2.02. The van der Waals surface area contributed by atoms with Gasteiger partial charge in [-0.1, -0.05) is 43.3 Å². The van der Waals surface area contributed by atoms with Gasteiger partial charge in [0.25, 0.3) is 0 Å². The van der Waals surface area contributed by atoms with Gasteiger partial charge in [0.2, 0.25) is 11.9 Å². The van der Waals surface area contributed by atoms with Crippen molar-refractivity contribution < 1.29 is 4.79 Å². The summed E-state index contributed by atoms with van der Waals surface area (Å²) in [5.41, 5.74) is 11.5. The average Bonchev–Trinajstić information content (AvgIpc) is 3.13. The molecule has 1 atom stereocenters. The number of hydrogen-bond donors (Lipinski definition) is 2. The van der Waals surface area contributed by atoms with E-state index in [0.29, 0.717) is 24.0 Å². The number of nitrogens with zero attached hydrogens (tertiary/aromatic N) is 3. The number of benzene rings is 2. The summed E-state index contributed by atoms with van der Waals surface area (Å²) in [6.07, 6.45) is 3.06. The molecule has 0 radical (unpaired) electrons. The molecule has 6 nitrogen and oxygen atoms in total. The highest BCUT2D eigenvalue weighted by molar-refractivity contribution is 6.06. The van der Waals surface area contributed by atoms with Crippen molar-refractivity contribution in [2.45, 2.75) is 39.7 Å². The van der Waals surface area contributed by atoms with Crippen molar-refractivity contribution >= 4 is 22.6 Å². The Morgan fingerprint density at radius 1 is 1.16 bits per heavy atom. The quantitative estimate of drug-likeness (QED) is 0.491. The first-order valence-electron chi connectivity index (χ1n) is 11.1. The Balaban J connectivity index is 1.63. The van der Waals surface area contributed by atoms with Crippen molar-refractivity contribution in [3.8, 4) is 5.95 Å². The number of primary amides is 1. The van der Waals surface area contributed by atoms with Crippen LogP contribution in [0.15, 0.2) is 54.6 Å². The molecule has 1 aliphatic carbocycles. The summed E-state index contributed by atoms with van der Waals surface area (Å²) >= 11 is 0. The van der Waals surface area contributed by atoms with Crippen LogP contribution in [0.1, 0.15) is 46.2 Å². The van der Waals surface area contributed by atoms with Crippen molar-refractivity contribution in [2.24, 2.45) is 11.7 Å². The molecule has 0 bridgehead atoms. The van der Waals surface area contributed by atoms with Crippen molar-refractivity contribution in [3.63, 3.8) is 0 Å². The molecule has 32 heavy (non-hydrogen) atoms. The Kier molecular flexibility index (Phi) is 5.13. The molecular formula is C26H27N5O. The van der Waals surface area contributed by atoms with Crippen LogP contribution in [0.2, 0.25) is 0 Å². The molecule has 2 aromatic heterocycles. The van der Waals surface area contributed by atoms with Gasteiger partial charge in [-0.05, 0) is 55.9 Å². The Labute approximate surface area is 187 Å². The van der Waals surface area contributed by atoms with Gasteiger partial charge in [0.1, 0.15) is 5.82 Å². The molecule has 0 fully saturated rings. The molecule has 0 saturated carbocycles. The zero-order chi connectivity index (χ0) is 22.2. The number of carbonyl (C=O) groups excluding carboxylic acids is 1. The van der Waals surface area contributed by atoms with E-state index in [0.717, 1.165) is 47.4 Å². The molecular weight excluding hydrogens is 398 g/mol. The molecule has 1 aliphatic rings. The Morgan fingerprint density at radius 3 is 2.75 bits per heavy atom. The van der Waals surface area contributed by atoms with Gasteiger partial charge in [-0.25, -0.2) is 4.98 Å². The summed E-state index contributed by atoms with van der Waals surface area (Å²) in [6, 6.07) is 17.9. The first-order chi connectivity index (χ1) is 15.5. The fraction of sp³-hybridized carbons (Fsp3) is 0.269. The lowest BCUT2D eigenvalue weighted by atomic mass is 9.88. The monoisotopic (exact) mass is 425 g/mol. The molecule has 2 heterocycles. The molecule has 0 spiro atoms. The third-order valence-electron chi connectivity index (χ3n) is 6.31. The molecule has 0 saturated heterocycles. The van der Waals surface area contributed by atoms with Crippen molar-refractivity contribution in [2.75, 3.05) is 5.32 Å². The fourth-order valence-corrected chi connectivity index (χ4v) is 4.64. The minimum Gasteiger partial charge on any atom is -0.366 e. The molecule has 2 aromatic carbocycles. The number of nitrogens with two attached hydrogens (primary N) is 1. The van der Waals surface area contributed by atoms with E-state index in [9.17, 15) is 4.79 Å². The zero-order valence-corrected chi connectivity index (χ0v) is 18.4. The number of nitrogens with one attached hydrogen (secondary N) is 1. The second-order valence-electron chi connectivity index (χ2n) is 8.71. The molecule has 4 aromatic rings. The number of anilines is 1. The van der Waals surface area contributed by atoms with Crippen LogP contribution in [0.25, 0.3) is 16.9 Å². The number of fused-ring (bicyclic) bond motifs is 2. The maximum atomic E-state index is 11.9. The average molecular weight is 426 g/mol. The lowest BCUT2D eigenvalue weighted by molar-refractivity contribution is 0.100. The molecule has 6 heteroatoms. The summed E-state index contributed by atoms with van der Waals surface area (Å²) in [4.78, 5) is 21.9. The van der Waals surface area contributed by atoms with Gasteiger partial charge in [-0.3, -0.25) is 9.36 Å². The van der Waals surface area contributed by atoms with Gasteiger partial charge in [0.05, 0.1) is 11.2 Å². The lowest BCUT2D eigenvalue weighted by Gasteiger charge is -2.24. The number of aryl methyl sites for hydroxylation is 1. The van der Waals surface area contributed by atoms with Crippen LogP contribution in [-0.4, -0.2) is 20.4 Å². The number of hydrogen-bond acceptors (Lipinski definition) is 4. The Morgan fingerprint density at radius 2 is 1.97 bits per heavy atom. The van der Waals surface area contributed by atoms with E-state index in [4.69, 9.17) is 15.7 Å². The zero-order valence-electron chi connectivity index (χ0n) is 18.4. The molecule has 5 rings (SSSR count). The van der Waals surface area contributed by atoms with Crippen LogP contribution < -0.4 is 11.1 Å². The van der Waals surface area contributed by atoms with E-state index in [1.54, 1.807) is 6.07 Å². The lowest BCUT2D eigenvalue weighted by Crippen LogP contribution is -2.19. The molecule has 1 amide bonds. The maximum absolute atomic E-state index is 11.9. The smallest absolute Gasteiger partial charge is 0.249 e. The van der Waals surface area contributed by atoms with Crippen molar-refractivity contribution in [3.05, 3.63) is 82.7 Å². The summed E-state index contributed by atoms with van der Waals surface area (Å²) in [6.45, 7) is 4.99. The van der Waals surface area contributed by atoms with Crippen LogP contribution in [0.5, 0.6) is 0 Å². The predicted molar refractivity (Wildman–Crippen MR) is 127 cm³/mol. The normalized spacial score (nSPS) is 15.5. The third kappa shape index (κ3) is 3.62. The Hall–Kier alpha value is -3.67. The van der Waals surface area contributed by atoms with E-state index >= 15 is 0 Å². The van der Waals surface area contributed by atoms with Crippen LogP contribution in [0.3, 0.4) is 0 Å². The highest BCUT2D eigenvalue weighted by Gasteiger charge is 2.23. The van der Waals surface area contributed by atoms with Crippen LogP contribution in [-0.2, 0) is 19.4 Å². The molecule has 0 aliphatic heterocycles. The third-order valence-corrected chi connectivity index (χ3v) is 6.31. The molecule has 1 unspecified atom stereocenters. The minimum atomic E-state index is -0.432. The van der Waals surface area contributed by atoms with Crippen LogP contribution >= 0.6 is 0 Å². The topological polar surface area (TPSA) is 85.8 Å². The van der Waals surface area contributed by atoms with Gasteiger partial charge in [0, 0.05) is 28.8 Å². The van der Waals surface area contributed by atoms with Crippen LogP contribution in [0.4, 0.5) is 5.82 Å². The first kappa shape index (κ1) is 20.2. The largest absolute Gasteiger partial charge is 0.366 e. The van der Waals surface area contributed by atoms with E-state index in [1.165, 1.54) is 11.1 Å². The summed E-state index contributed by atoms with van der Waals surface area (Å²) in [5.74, 6) is 1.69. The summed E-state index contributed by atoms with van der Waals surface area (Å²) in [5, 5.41) is 4.39. The van der Waals surface area contributed by atoms with Gasteiger partial charge in [-0.2, -0.15) is 4.98 Å². The number of rotatable bonds is 5. The SMILES string of the molecule is Cc1cc2c(C(N)=O)cccc2n1-c1nc2c(c(NCc3ccccc3)n1)CCC(C)C2. The number of carbonyl (C=O) groups is 1. The first-order valence-corrected chi connectivity index (χ1v) is 11.1. The Bertz CT molecular complexity index is 1310. The second-order valence-corrected chi connectivity index (χ2v) is 8.71. The standard InChI is InChI=1S/C26H27N5O/c1-16-11-12-20-22(13-16)29-26(30-25(20)28-15-18-7-4-3-5-8-18)31-17(2)14-21-19(24(27)32)9-6-10-23(21)31/h3-10,14,16H,11-13,15H2,1-2H3,(H2,27,32)(H,28,29,30).